The Hall–Kier alpha value is -0.220. The van der Waals surface area contributed by atoms with E-state index in [2.05, 4.69) is 5.14 Å². The van der Waals surface area contributed by atoms with E-state index in [-0.39, 0.29) is 6.54 Å². The number of sulfonamides is 2. The third-order valence-electron chi connectivity index (χ3n) is 1.07. The summed E-state index contributed by atoms with van der Waals surface area (Å²) in [5, 5.41) is 12.9. The van der Waals surface area contributed by atoms with Crippen molar-refractivity contribution < 1.29 is 21.9 Å². The van der Waals surface area contributed by atoms with E-state index >= 15 is 0 Å². The zero-order chi connectivity index (χ0) is 10.5. The Bertz CT molecular complexity index is 332. The highest BCUT2D eigenvalue weighted by atomic mass is 32.2. The van der Waals surface area contributed by atoms with Gasteiger partial charge in [0.05, 0.1) is 18.1 Å². The first kappa shape index (κ1) is 12.8. The van der Waals surface area contributed by atoms with E-state index in [1.165, 1.54) is 0 Å². The summed E-state index contributed by atoms with van der Waals surface area (Å²) in [5.74, 6) is -0.907. The summed E-state index contributed by atoms with van der Waals surface area (Å²) in [6.45, 7) is -0.786. The molecule has 4 N–H and O–H groups in total. The van der Waals surface area contributed by atoms with E-state index in [0.717, 1.165) is 0 Å². The number of nitrogens with two attached hydrogens (primary N) is 1. The number of hydrogen-bond acceptors (Lipinski definition) is 5. The van der Waals surface area contributed by atoms with Crippen LogP contribution in [0.4, 0.5) is 0 Å². The molecule has 0 bridgehead atoms. The van der Waals surface area contributed by atoms with Gasteiger partial charge in [0.2, 0.25) is 20.0 Å². The predicted molar refractivity (Wildman–Crippen MR) is 46.8 cm³/mol. The van der Waals surface area contributed by atoms with Crippen LogP contribution in [0.2, 0.25) is 0 Å². The lowest BCUT2D eigenvalue weighted by molar-refractivity contribution is 0.319. The van der Waals surface area contributed by atoms with Crippen molar-refractivity contribution in [3.8, 4) is 0 Å². The van der Waals surface area contributed by atoms with E-state index in [9.17, 15) is 16.8 Å². The van der Waals surface area contributed by atoms with Crippen molar-refractivity contribution in [3.63, 3.8) is 0 Å². The number of nitrogens with one attached hydrogen (secondary N) is 1. The quantitative estimate of drug-likeness (QED) is 0.455. The number of hydrogen-bond donors (Lipinski definition) is 3. The van der Waals surface area contributed by atoms with Gasteiger partial charge in [0.15, 0.2) is 0 Å². The number of aliphatic hydroxyl groups excluding tert-OH is 1. The van der Waals surface area contributed by atoms with Crippen LogP contribution < -0.4 is 9.86 Å². The van der Waals surface area contributed by atoms with Crippen LogP contribution in [0.3, 0.4) is 0 Å². The molecule has 0 atom stereocenters. The van der Waals surface area contributed by atoms with Crippen molar-refractivity contribution in [2.24, 2.45) is 5.14 Å². The molecule has 0 heterocycles. The Morgan fingerprint density at radius 1 is 1.15 bits per heavy atom. The molecular formula is C4H12N2O5S2. The fourth-order valence-electron chi connectivity index (χ4n) is 0.532. The van der Waals surface area contributed by atoms with Gasteiger partial charge in [-0.2, -0.15) is 0 Å². The van der Waals surface area contributed by atoms with Crippen molar-refractivity contribution in [1.82, 2.24) is 4.72 Å². The van der Waals surface area contributed by atoms with Crippen molar-refractivity contribution in [2.45, 2.75) is 0 Å². The molecule has 0 saturated heterocycles. The highest BCUT2D eigenvalue weighted by Crippen LogP contribution is 1.83. The van der Waals surface area contributed by atoms with Gasteiger partial charge >= 0.3 is 0 Å². The average molecular weight is 232 g/mol. The first-order chi connectivity index (χ1) is 5.77. The van der Waals surface area contributed by atoms with E-state index in [4.69, 9.17) is 5.11 Å². The Labute approximate surface area is 77.0 Å². The lowest BCUT2D eigenvalue weighted by Gasteiger charge is -2.03. The van der Waals surface area contributed by atoms with Gasteiger partial charge < -0.3 is 5.11 Å². The van der Waals surface area contributed by atoms with Crippen LogP contribution in [-0.4, -0.2) is 46.6 Å². The minimum Gasteiger partial charge on any atom is -0.395 e. The number of aliphatic hydroxyl groups is 1. The number of rotatable bonds is 6. The molecular weight excluding hydrogens is 220 g/mol. The fraction of sp³-hybridized carbons (Fsp3) is 1.00. The summed E-state index contributed by atoms with van der Waals surface area (Å²) in [7, 11) is -7.23. The minimum atomic E-state index is -3.65. The monoisotopic (exact) mass is 232 g/mol. The second-order valence-electron chi connectivity index (χ2n) is 2.30. The molecule has 0 amide bonds. The maximum absolute atomic E-state index is 10.8. The SMILES string of the molecule is NS(=O)(=O)CCNS(=O)(=O)CCO. The topological polar surface area (TPSA) is 127 Å². The van der Waals surface area contributed by atoms with Crippen LogP contribution in [-0.2, 0) is 20.0 Å². The van der Waals surface area contributed by atoms with Crippen molar-refractivity contribution in [2.75, 3.05) is 24.7 Å². The van der Waals surface area contributed by atoms with E-state index < -0.39 is 38.2 Å². The molecule has 0 aliphatic carbocycles. The molecule has 0 aromatic carbocycles. The average Bonchev–Trinajstić information content (AvgIpc) is 1.82. The van der Waals surface area contributed by atoms with E-state index in [0.29, 0.717) is 0 Å². The van der Waals surface area contributed by atoms with Crippen LogP contribution >= 0.6 is 0 Å². The summed E-state index contributed by atoms with van der Waals surface area (Å²) in [5.41, 5.74) is 0. The van der Waals surface area contributed by atoms with Gasteiger partial charge in [-0.3, -0.25) is 0 Å². The molecule has 13 heavy (non-hydrogen) atoms. The zero-order valence-corrected chi connectivity index (χ0v) is 8.44. The van der Waals surface area contributed by atoms with Gasteiger partial charge in [0, 0.05) is 6.54 Å². The molecule has 0 saturated carbocycles. The highest BCUT2D eigenvalue weighted by molar-refractivity contribution is 7.90. The maximum Gasteiger partial charge on any atom is 0.213 e. The molecule has 0 fully saturated rings. The molecule has 0 aliphatic heterocycles. The van der Waals surface area contributed by atoms with Crippen LogP contribution in [0, 0.1) is 0 Å². The summed E-state index contributed by atoms with van der Waals surface area (Å²) in [4.78, 5) is 0. The normalized spacial score (nSPS) is 13.1. The van der Waals surface area contributed by atoms with Crippen LogP contribution in [0.5, 0.6) is 0 Å². The molecule has 0 unspecified atom stereocenters. The Kier molecular flexibility index (Phi) is 4.78. The van der Waals surface area contributed by atoms with Crippen molar-refractivity contribution >= 4 is 20.0 Å². The summed E-state index contributed by atoms with van der Waals surface area (Å²) in [6.07, 6.45) is 0. The molecule has 0 radical (unpaired) electrons. The first-order valence-corrected chi connectivity index (χ1v) is 6.72. The zero-order valence-electron chi connectivity index (χ0n) is 6.80. The molecule has 9 heteroatoms. The summed E-state index contributed by atoms with van der Waals surface area (Å²) < 4.78 is 44.3. The van der Waals surface area contributed by atoms with Crippen LogP contribution in [0.15, 0.2) is 0 Å². The standard InChI is InChI=1S/C4H12N2O5S2/c5-12(8,9)3-1-6-13(10,11)4-2-7/h6-7H,1-4H2,(H2,5,8,9). The van der Waals surface area contributed by atoms with Gasteiger partial charge in [-0.05, 0) is 0 Å². The highest BCUT2D eigenvalue weighted by Gasteiger charge is 2.10. The molecule has 7 nitrogen and oxygen atoms in total. The van der Waals surface area contributed by atoms with Crippen LogP contribution in [0.1, 0.15) is 0 Å². The first-order valence-electron chi connectivity index (χ1n) is 3.35. The summed E-state index contributed by atoms with van der Waals surface area (Å²) in [6, 6.07) is 0. The second-order valence-corrected chi connectivity index (χ2v) is 5.96. The molecule has 0 spiro atoms. The molecule has 80 valence electrons. The third-order valence-corrected chi connectivity index (χ3v) is 3.21. The van der Waals surface area contributed by atoms with Gasteiger partial charge in [0.25, 0.3) is 0 Å². The largest absolute Gasteiger partial charge is 0.395 e. The van der Waals surface area contributed by atoms with Crippen molar-refractivity contribution in [3.05, 3.63) is 0 Å². The molecule has 0 aliphatic rings. The second kappa shape index (κ2) is 4.86. The lowest BCUT2D eigenvalue weighted by atomic mass is 10.8. The molecule has 0 aromatic heterocycles. The Morgan fingerprint density at radius 3 is 2.08 bits per heavy atom. The third kappa shape index (κ3) is 8.12. The molecule has 0 aromatic rings. The van der Waals surface area contributed by atoms with Gasteiger partial charge in [-0.25, -0.2) is 26.7 Å². The number of primary sulfonamides is 1. The maximum atomic E-state index is 10.8. The van der Waals surface area contributed by atoms with Gasteiger partial charge in [-0.15, -0.1) is 0 Å². The van der Waals surface area contributed by atoms with Gasteiger partial charge in [0.1, 0.15) is 0 Å². The predicted octanol–water partition coefficient (Wildman–Crippen LogP) is -2.81. The van der Waals surface area contributed by atoms with Gasteiger partial charge in [-0.1, -0.05) is 0 Å². The minimum absolute atomic E-state index is 0.277. The molecule has 0 rings (SSSR count). The van der Waals surface area contributed by atoms with E-state index in [1.807, 2.05) is 4.72 Å². The Balaban J connectivity index is 3.91. The lowest BCUT2D eigenvalue weighted by Crippen LogP contribution is -2.33. The summed E-state index contributed by atoms with van der Waals surface area (Å²) >= 11 is 0. The van der Waals surface area contributed by atoms with Crippen molar-refractivity contribution in [1.29, 1.82) is 0 Å². The van der Waals surface area contributed by atoms with E-state index in [1.54, 1.807) is 0 Å². The fourth-order valence-corrected chi connectivity index (χ4v) is 1.85. The van der Waals surface area contributed by atoms with Crippen LogP contribution in [0.25, 0.3) is 0 Å². The smallest absolute Gasteiger partial charge is 0.213 e. The Morgan fingerprint density at radius 2 is 1.69 bits per heavy atom.